The third kappa shape index (κ3) is 5.71. The second-order valence-electron chi connectivity index (χ2n) is 6.64. The monoisotopic (exact) mass is 404 g/mol. The molecule has 2 rings (SSSR count). The summed E-state index contributed by atoms with van der Waals surface area (Å²) >= 11 is 0. The molecule has 0 bridgehead atoms. The average Bonchev–Trinajstić information content (AvgIpc) is 2.66. The summed E-state index contributed by atoms with van der Waals surface area (Å²) in [6, 6.07) is 12.7. The van der Waals surface area contributed by atoms with Gasteiger partial charge in [-0.25, -0.2) is 12.7 Å². The second-order valence-corrected chi connectivity index (χ2v) is 8.79. The molecular formula is C20H28N4O3S. The van der Waals surface area contributed by atoms with Crippen molar-refractivity contribution in [1.82, 2.24) is 9.62 Å². The molecule has 7 nitrogen and oxygen atoms in total. The molecule has 0 radical (unpaired) electrons. The van der Waals surface area contributed by atoms with Crippen molar-refractivity contribution in [2.45, 2.75) is 25.3 Å². The van der Waals surface area contributed by atoms with Crippen molar-refractivity contribution in [3.05, 3.63) is 53.6 Å². The van der Waals surface area contributed by atoms with Gasteiger partial charge in [0.05, 0.1) is 22.8 Å². The van der Waals surface area contributed by atoms with E-state index in [4.69, 9.17) is 0 Å². The molecule has 1 amide bonds. The van der Waals surface area contributed by atoms with Gasteiger partial charge in [-0.2, -0.15) is 0 Å². The van der Waals surface area contributed by atoms with E-state index >= 15 is 0 Å². The van der Waals surface area contributed by atoms with Gasteiger partial charge in [-0.1, -0.05) is 29.8 Å². The Bertz CT molecular complexity index is 910. The summed E-state index contributed by atoms with van der Waals surface area (Å²) in [5.41, 5.74) is 3.49. The third-order valence-electron chi connectivity index (χ3n) is 4.19. The first-order valence-corrected chi connectivity index (χ1v) is 10.5. The Morgan fingerprint density at radius 1 is 1.00 bits per heavy atom. The minimum Gasteiger partial charge on any atom is -0.384 e. The van der Waals surface area contributed by atoms with Crippen molar-refractivity contribution in [1.29, 1.82) is 0 Å². The molecule has 0 aliphatic carbocycles. The number of nitrogens with zero attached hydrogens (tertiary/aromatic N) is 1. The van der Waals surface area contributed by atoms with Crippen molar-refractivity contribution in [2.24, 2.45) is 0 Å². The van der Waals surface area contributed by atoms with Crippen LogP contribution in [0.4, 0.5) is 11.4 Å². The number of carbonyl (C=O) groups excluding carboxylic acids is 1. The summed E-state index contributed by atoms with van der Waals surface area (Å²) in [6.45, 7) is 5.11. The van der Waals surface area contributed by atoms with Crippen LogP contribution in [0.2, 0.25) is 0 Å². The highest BCUT2D eigenvalue weighted by Crippen LogP contribution is 2.26. The van der Waals surface area contributed by atoms with E-state index in [2.05, 4.69) is 16.0 Å². The fraction of sp³-hybridized carbons (Fsp3) is 0.350. The smallest absolute Gasteiger partial charge is 0.242 e. The summed E-state index contributed by atoms with van der Waals surface area (Å²) in [4.78, 5) is 12.4. The quantitative estimate of drug-likeness (QED) is 0.597. The maximum absolute atomic E-state index is 12.4. The molecular weight excluding hydrogens is 376 g/mol. The summed E-state index contributed by atoms with van der Waals surface area (Å²) in [5.74, 6) is -0.177. The molecule has 2 aromatic rings. The van der Waals surface area contributed by atoms with Crippen LogP contribution in [0.5, 0.6) is 0 Å². The molecule has 0 aliphatic heterocycles. The predicted octanol–water partition coefficient (Wildman–Crippen LogP) is 2.41. The average molecular weight is 405 g/mol. The van der Waals surface area contributed by atoms with E-state index in [1.54, 1.807) is 18.2 Å². The Hall–Kier alpha value is -2.58. The van der Waals surface area contributed by atoms with E-state index in [9.17, 15) is 13.2 Å². The number of hydrogen-bond acceptors (Lipinski definition) is 5. The van der Waals surface area contributed by atoms with Crippen molar-refractivity contribution >= 4 is 27.3 Å². The van der Waals surface area contributed by atoms with Crippen molar-refractivity contribution in [3.63, 3.8) is 0 Å². The number of rotatable bonds is 9. The number of amides is 1. The highest BCUT2D eigenvalue weighted by atomic mass is 32.2. The maximum atomic E-state index is 12.4. The van der Waals surface area contributed by atoms with Crippen LogP contribution in [-0.2, 0) is 21.4 Å². The van der Waals surface area contributed by atoms with Crippen LogP contribution >= 0.6 is 0 Å². The zero-order valence-electron chi connectivity index (χ0n) is 16.7. The first-order valence-electron chi connectivity index (χ1n) is 9.10. The summed E-state index contributed by atoms with van der Waals surface area (Å²) in [5, 5.41) is 9.06. The number of aryl methyl sites for hydroxylation is 1. The zero-order chi connectivity index (χ0) is 20.7. The van der Waals surface area contributed by atoms with E-state index < -0.39 is 10.0 Å². The van der Waals surface area contributed by atoms with E-state index in [1.807, 2.05) is 38.1 Å². The van der Waals surface area contributed by atoms with Crippen LogP contribution in [0.15, 0.2) is 47.4 Å². The first-order chi connectivity index (χ1) is 13.2. The minimum absolute atomic E-state index is 0.0374. The molecule has 0 aliphatic rings. The highest BCUT2D eigenvalue weighted by Gasteiger charge is 2.19. The fourth-order valence-corrected chi connectivity index (χ4v) is 3.46. The molecule has 0 spiro atoms. The van der Waals surface area contributed by atoms with Crippen LogP contribution < -0.4 is 16.0 Å². The van der Waals surface area contributed by atoms with Gasteiger partial charge in [0.2, 0.25) is 15.9 Å². The molecule has 0 aromatic heterocycles. The molecule has 0 heterocycles. The molecule has 28 heavy (non-hydrogen) atoms. The number of anilines is 2. The largest absolute Gasteiger partial charge is 0.384 e. The van der Waals surface area contributed by atoms with Crippen molar-refractivity contribution in [2.75, 3.05) is 37.8 Å². The van der Waals surface area contributed by atoms with Gasteiger partial charge in [0, 0.05) is 27.2 Å². The Kier molecular flexibility index (Phi) is 7.42. The van der Waals surface area contributed by atoms with Crippen LogP contribution in [-0.4, -0.2) is 45.8 Å². The number of benzene rings is 2. The Balaban J connectivity index is 2.06. The molecule has 0 atom stereocenters. The maximum Gasteiger partial charge on any atom is 0.242 e. The van der Waals surface area contributed by atoms with E-state index in [-0.39, 0.29) is 17.3 Å². The van der Waals surface area contributed by atoms with Crippen LogP contribution in [0.3, 0.4) is 0 Å². The lowest BCUT2D eigenvalue weighted by molar-refractivity contribution is -0.119. The minimum atomic E-state index is -3.55. The van der Waals surface area contributed by atoms with Crippen LogP contribution in [0.25, 0.3) is 0 Å². The van der Waals surface area contributed by atoms with E-state index in [0.717, 1.165) is 15.6 Å². The van der Waals surface area contributed by atoms with Crippen LogP contribution in [0, 0.1) is 6.92 Å². The van der Waals surface area contributed by atoms with Gasteiger partial charge in [0.25, 0.3) is 0 Å². The molecule has 0 saturated heterocycles. The first kappa shape index (κ1) is 21.7. The Morgan fingerprint density at radius 3 is 2.29 bits per heavy atom. The van der Waals surface area contributed by atoms with Gasteiger partial charge >= 0.3 is 0 Å². The summed E-state index contributed by atoms with van der Waals surface area (Å²) in [6.07, 6.45) is 0. The predicted molar refractivity (Wildman–Crippen MR) is 113 cm³/mol. The molecule has 152 valence electrons. The number of carbonyl (C=O) groups is 1. The van der Waals surface area contributed by atoms with Crippen molar-refractivity contribution < 1.29 is 13.2 Å². The molecule has 0 unspecified atom stereocenters. The highest BCUT2D eigenvalue weighted by molar-refractivity contribution is 7.89. The second kappa shape index (κ2) is 9.57. The zero-order valence-corrected chi connectivity index (χ0v) is 17.6. The molecule has 0 saturated carbocycles. The lowest BCUT2D eigenvalue weighted by Crippen LogP contribution is -2.29. The Morgan fingerprint density at radius 2 is 1.68 bits per heavy atom. The van der Waals surface area contributed by atoms with E-state index in [1.165, 1.54) is 19.7 Å². The summed E-state index contributed by atoms with van der Waals surface area (Å²) < 4.78 is 25.9. The van der Waals surface area contributed by atoms with E-state index in [0.29, 0.717) is 18.8 Å². The lowest BCUT2D eigenvalue weighted by Gasteiger charge is -2.17. The van der Waals surface area contributed by atoms with Gasteiger partial charge in [-0.05, 0) is 37.6 Å². The van der Waals surface area contributed by atoms with Gasteiger partial charge < -0.3 is 16.0 Å². The SMILES string of the molecule is CCNc1ccc(S(=O)(=O)N(C)C)cc1NCC(=O)NCc1ccc(C)cc1. The Labute approximate surface area is 167 Å². The van der Waals surface area contributed by atoms with Crippen molar-refractivity contribution in [3.8, 4) is 0 Å². The number of sulfonamides is 1. The van der Waals surface area contributed by atoms with Gasteiger partial charge in [0.15, 0.2) is 0 Å². The van der Waals surface area contributed by atoms with Crippen LogP contribution in [0.1, 0.15) is 18.1 Å². The number of hydrogen-bond donors (Lipinski definition) is 3. The topological polar surface area (TPSA) is 90.5 Å². The third-order valence-corrected chi connectivity index (χ3v) is 6.00. The normalized spacial score (nSPS) is 11.3. The fourth-order valence-electron chi connectivity index (χ4n) is 2.53. The molecule has 3 N–H and O–H groups in total. The van der Waals surface area contributed by atoms with Gasteiger partial charge in [-0.3, -0.25) is 4.79 Å². The summed E-state index contributed by atoms with van der Waals surface area (Å²) in [7, 11) is -0.584. The molecule has 8 heteroatoms. The van der Waals surface area contributed by atoms with Gasteiger partial charge in [-0.15, -0.1) is 0 Å². The van der Waals surface area contributed by atoms with Gasteiger partial charge in [0.1, 0.15) is 0 Å². The molecule has 0 fully saturated rings. The lowest BCUT2D eigenvalue weighted by atomic mass is 10.1. The molecule has 2 aromatic carbocycles. The standard InChI is InChI=1S/C20H28N4O3S/c1-5-21-18-11-10-17(28(26,27)24(3)4)12-19(18)22-14-20(25)23-13-16-8-6-15(2)7-9-16/h6-12,21-22H,5,13-14H2,1-4H3,(H,23,25). The number of nitrogens with one attached hydrogen (secondary N) is 3.